The first-order chi connectivity index (χ1) is 25.9. The van der Waals surface area contributed by atoms with E-state index in [2.05, 4.69) is 15.6 Å². The zero-order chi connectivity index (χ0) is 37.3. The first kappa shape index (κ1) is 39.3. The average Bonchev–Trinajstić information content (AvgIpc) is 3.58. The summed E-state index contributed by atoms with van der Waals surface area (Å²) in [6, 6.07) is 23.3. The lowest BCUT2D eigenvalue weighted by atomic mass is 9.95. The summed E-state index contributed by atoms with van der Waals surface area (Å²) in [6.45, 7) is 5.95. The number of anilines is 1. The minimum absolute atomic E-state index is 0.0409. The molecule has 4 aromatic rings. The van der Waals surface area contributed by atoms with E-state index in [1.807, 2.05) is 84.4 Å². The molecule has 5 rings (SSSR count). The van der Waals surface area contributed by atoms with Crippen molar-refractivity contribution in [1.82, 2.24) is 20.3 Å². The molecule has 0 atom stereocenters. The van der Waals surface area contributed by atoms with Crippen molar-refractivity contribution in [2.24, 2.45) is 0 Å². The number of methoxy groups -OCH3 is 1. The van der Waals surface area contributed by atoms with Gasteiger partial charge < -0.3 is 33.9 Å². The molecule has 0 radical (unpaired) electrons. The molecule has 1 aromatic heterocycles. The fraction of sp³-hybridized carbons (Fsp3) is 0.425. The quantitative estimate of drug-likeness (QED) is 0.112. The topological polar surface area (TPSA) is 143 Å². The van der Waals surface area contributed by atoms with E-state index < -0.39 is 0 Å². The van der Waals surface area contributed by atoms with Crippen LogP contribution in [0.2, 0.25) is 0 Å². The molecule has 1 aliphatic heterocycles. The van der Waals surface area contributed by atoms with E-state index in [9.17, 15) is 14.4 Å². The maximum absolute atomic E-state index is 13.7. The number of Topliss-reactive ketones (excluding diaryl/α,β-unsaturated/α-hetero) is 1. The fourth-order valence-corrected chi connectivity index (χ4v) is 5.86. The summed E-state index contributed by atoms with van der Waals surface area (Å²) in [7, 11) is 1.55. The highest BCUT2D eigenvalue weighted by molar-refractivity contribution is 6.00. The number of carbonyl (C=O) groups excluding carboxylic acids is 3. The third-order valence-electron chi connectivity index (χ3n) is 8.64. The normalized spacial score (nSPS) is 11.9. The summed E-state index contributed by atoms with van der Waals surface area (Å²) in [5.41, 5.74) is 6.13. The highest BCUT2D eigenvalue weighted by Gasteiger charge is 2.29. The van der Waals surface area contributed by atoms with Crippen LogP contribution in [0.25, 0.3) is 22.5 Å². The Labute approximate surface area is 310 Å². The number of ketones is 1. The van der Waals surface area contributed by atoms with Crippen molar-refractivity contribution in [3.8, 4) is 28.3 Å². The van der Waals surface area contributed by atoms with Crippen LogP contribution in [0.5, 0.6) is 5.75 Å². The molecular weight excluding hydrogens is 678 g/mol. The summed E-state index contributed by atoms with van der Waals surface area (Å²) >= 11 is 0. The molecule has 1 aliphatic rings. The molecule has 282 valence electrons. The Morgan fingerprint density at radius 3 is 2.25 bits per heavy atom. The zero-order valence-electron chi connectivity index (χ0n) is 30.6. The molecule has 0 unspecified atom stereocenters. The summed E-state index contributed by atoms with van der Waals surface area (Å²) < 4.78 is 29.5. The van der Waals surface area contributed by atoms with Crippen molar-refractivity contribution in [3.05, 3.63) is 83.9 Å². The van der Waals surface area contributed by atoms with Gasteiger partial charge in [-0.2, -0.15) is 0 Å². The Hall–Kier alpha value is -4.95. The number of benzene rings is 3. The number of para-hydroxylation sites is 1. The van der Waals surface area contributed by atoms with Gasteiger partial charge in [0.15, 0.2) is 5.78 Å². The van der Waals surface area contributed by atoms with Crippen molar-refractivity contribution < 1.29 is 38.1 Å². The average molecular weight is 728 g/mol. The molecule has 0 saturated heterocycles. The molecule has 0 bridgehead atoms. The molecule has 0 spiro atoms. The van der Waals surface area contributed by atoms with Gasteiger partial charge in [-0.15, -0.1) is 5.10 Å². The molecule has 13 nitrogen and oxygen atoms in total. The van der Waals surface area contributed by atoms with E-state index in [0.29, 0.717) is 77.9 Å². The standard InChI is InChI=1S/C40H49N5O8/c1-30-13-15-33(16-14-30)53-29-32(46)9-7-21-50-24-26-52-27-25-51-23-20-45-40-35-11-5-6-12-36(35)44(38(48)17-19-41-37(47)18-22-49-2)28-31-8-3-4-10-34(31)39(40)42-43-45/h3-6,8,10-16H,7,9,17-29H2,1-2H3,(H,41,47). The number of rotatable bonds is 22. The number of aryl methyl sites for hydroxylation is 1. The molecule has 2 amide bonds. The second-order valence-corrected chi connectivity index (χ2v) is 12.6. The smallest absolute Gasteiger partial charge is 0.229 e. The zero-order valence-corrected chi connectivity index (χ0v) is 30.6. The van der Waals surface area contributed by atoms with Crippen LogP contribution in [-0.4, -0.2) is 99.1 Å². The largest absolute Gasteiger partial charge is 0.486 e. The molecule has 53 heavy (non-hydrogen) atoms. The molecule has 3 aromatic carbocycles. The van der Waals surface area contributed by atoms with E-state index >= 15 is 0 Å². The number of aromatic nitrogens is 3. The number of amides is 2. The minimum atomic E-state index is -0.154. The maximum atomic E-state index is 13.7. The lowest BCUT2D eigenvalue weighted by molar-refractivity contribution is -0.123. The van der Waals surface area contributed by atoms with Crippen LogP contribution in [0, 0.1) is 6.92 Å². The van der Waals surface area contributed by atoms with Crippen LogP contribution in [-0.2, 0) is 46.4 Å². The number of fused-ring (bicyclic) bond motifs is 5. The predicted molar refractivity (Wildman–Crippen MR) is 200 cm³/mol. The Morgan fingerprint density at radius 2 is 1.47 bits per heavy atom. The van der Waals surface area contributed by atoms with Crippen molar-refractivity contribution in [3.63, 3.8) is 0 Å². The number of nitrogens with one attached hydrogen (secondary N) is 1. The van der Waals surface area contributed by atoms with Gasteiger partial charge in [0.25, 0.3) is 0 Å². The number of ether oxygens (including phenoxy) is 5. The molecular formula is C40H49N5O8. The lowest BCUT2D eigenvalue weighted by Crippen LogP contribution is -2.35. The second-order valence-electron chi connectivity index (χ2n) is 12.6. The third kappa shape index (κ3) is 11.8. The Kier molecular flexibility index (Phi) is 15.5. The minimum Gasteiger partial charge on any atom is -0.486 e. The molecule has 2 heterocycles. The van der Waals surface area contributed by atoms with Gasteiger partial charge in [-0.25, -0.2) is 4.68 Å². The second kappa shape index (κ2) is 20.9. The van der Waals surface area contributed by atoms with Crippen molar-refractivity contribution in [1.29, 1.82) is 0 Å². The maximum Gasteiger partial charge on any atom is 0.229 e. The van der Waals surface area contributed by atoms with Crippen LogP contribution < -0.4 is 15.0 Å². The van der Waals surface area contributed by atoms with Crippen molar-refractivity contribution in [2.45, 2.75) is 45.7 Å². The van der Waals surface area contributed by atoms with Crippen LogP contribution >= 0.6 is 0 Å². The van der Waals surface area contributed by atoms with Crippen LogP contribution in [0.4, 0.5) is 5.69 Å². The molecule has 0 saturated carbocycles. The van der Waals surface area contributed by atoms with Crippen LogP contribution in [0.1, 0.15) is 36.8 Å². The summed E-state index contributed by atoms with van der Waals surface area (Å²) in [5.74, 6) is 0.473. The third-order valence-corrected chi connectivity index (χ3v) is 8.64. The van der Waals surface area contributed by atoms with E-state index in [0.717, 1.165) is 39.3 Å². The first-order valence-corrected chi connectivity index (χ1v) is 18.1. The van der Waals surface area contributed by atoms with Gasteiger partial charge in [0.1, 0.15) is 18.1 Å². The van der Waals surface area contributed by atoms with Gasteiger partial charge in [-0.05, 0) is 37.1 Å². The number of hydrogen-bond donors (Lipinski definition) is 1. The van der Waals surface area contributed by atoms with Gasteiger partial charge in [-0.1, -0.05) is 65.4 Å². The van der Waals surface area contributed by atoms with Crippen LogP contribution in [0.15, 0.2) is 72.8 Å². The first-order valence-electron chi connectivity index (χ1n) is 18.1. The van der Waals surface area contributed by atoms with Crippen molar-refractivity contribution >= 4 is 23.3 Å². The molecule has 0 aliphatic carbocycles. The Balaban J connectivity index is 1.06. The molecule has 1 N–H and O–H groups in total. The van der Waals surface area contributed by atoms with Gasteiger partial charge in [0, 0.05) is 50.7 Å². The number of nitrogens with zero attached hydrogens (tertiary/aromatic N) is 4. The summed E-state index contributed by atoms with van der Waals surface area (Å²) in [5, 5.41) is 11.9. The van der Waals surface area contributed by atoms with Gasteiger partial charge in [0.05, 0.1) is 64.1 Å². The van der Waals surface area contributed by atoms with Gasteiger partial charge in [-0.3, -0.25) is 14.4 Å². The summed E-state index contributed by atoms with van der Waals surface area (Å²) in [4.78, 5) is 39.6. The van der Waals surface area contributed by atoms with E-state index in [1.54, 1.807) is 12.0 Å². The lowest BCUT2D eigenvalue weighted by Gasteiger charge is -2.29. The van der Waals surface area contributed by atoms with E-state index in [4.69, 9.17) is 23.7 Å². The van der Waals surface area contributed by atoms with Gasteiger partial charge >= 0.3 is 0 Å². The Bertz CT molecular complexity index is 1780. The SMILES string of the molecule is COCCC(=O)NCCC(=O)N1Cc2ccccc2-c2nnn(CCOCCOCCOCCCC(=O)COc3ccc(C)cc3)c2-c2ccccc21. The van der Waals surface area contributed by atoms with Gasteiger partial charge in [0.2, 0.25) is 11.8 Å². The van der Waals surface area contributed by atoms with Crippen molar-refractivity contribution in [2.75, 3.05) is 71.4 Å². The predicted octanol–water partition coefficient (Wildman–Crippen LogP) is 4.79. The van der Waals surface area contributed by atoms with E-state index in [1.165, 1.54) is 0 Å². The monoisotopic (exact) mass is 727 g/mol. The Morgan fingerprint density at radius 1 is 0.774 bits per heavy atom. The highest BCUT2D eigenvalue weighted by atomic mass is 16.5. The van der Waals surface area contributed by atoms with E-state index in [-0.39, 0.29) is 43.6 Å². The number of hydrogen-bond acceptors (Lipinski definition) is 10. The highest BCUT2D eigenvalue weighted by Crippen LogP contribution is 2.41. The fourth-order valence-electron chi connectivity index (χ4n) is 5.86. The van der Waals surface area contributed by atoms with Crippen LogP contribution in [0.3, 0.4) is 0 Å². The number of carbonyl (C=O) groups is 3. The summed E-state index contributed by atoms with van der Waals surface area (Å²) in [6.07, 6.45) is 1.42. The molecule has 0 fully saturated rings. The molecule has 13 heteroatoms.